The van der Waals surface area contributed by atoms with Crippen LogP contribution in [-0.2, 0) is 11.2 Å². The molecule has 0 atom stereocenters. The molecule has 1 heterocycles. The lowest BCUT2D eigenvalue weighted by Gasteiger charge is -2.11. The first-order valence-corrected chi connectivity index (χ1v) is 9.96. The minimum Gasteiger partial charge on any atom is -0.491 e. The molecule has 0 aliphatic heterocycles. The van der Waals surface area contributed by atoms with E-state index in [1.165, 1.54) is 5.56 Å². The number of furan rings is 1. The van der Waals surface area contributed by atoms with E-state index in [0.717, 1.165) is 24.2 Å². The monoisotopic (exact) mass is 389 g/mol. The Hall–Kier alpha value is -3.27. The number of benzene rings is 2. The van der Waals surface area contributed by atoms with Crippen molar-refractivity contribution in [1.29, 1.82) is 0 Å². The van der Waals surface area contributed by atoms with E-state index < -0.39 is 0 Å². The van der Waals surface area contributed by atoms with Crippen molar-refractivity contribution < 1.29 is 13.9 Å². The molecule has 0 aliphatic rings. The number of aryl methyl sites for hydroxylation is 1. The molecule has 0 saturated heterocycles. The zero-order valence-corrected chi connectivity index (χ0v) is 16.9. The molecular formula is C25H27NO3. The van der Waals surface area contributed by atoms with Gasteiger partial charge in [0, 0.05) is 6.54 Å². The average molecular weight is 389 g/mol. The molecule has 0 fully saturated rings. The molecule has 3 aromatic rings. The van der Waals surface area contributed by atoms with E-state index in [0.29, 0.717) is 17.9 Å². The summed E-state index contributed by atoms with van der Waals surface area (Å²) in [5.41, 5.74) is 2.68. The van der Waals surface area contributed by atoms with Crippen LogP contribution < -0.4 is 10.1 Å². The Labute approximate surface area is 172 Å². The molecule has 0 spiro atoms. The number of carbonyl (C=O) groups is 1. The summed E-state index contributed by atoms with van der Waals surface area (Å²) in [4.78, 5) is 12.8. The Morgan fingerprint density at radius 3 is 2.45 bits per heavy atom. The Kier molecular flexibility index (Phi) is 7.28. The maximum Gasteiger partial charge on any atom is 0.252 e. The lowest BCUT2D eigenvalue weighted by atomic mass is 10.0. The van der Waals surface area contributed by atoms with Gasteiger partial charge in [0.25, 0.3) is 5.91 Å². The molecule has 0 radical (unpaired) electrons. The van der Waals surface area contributed by atoms with Gasteiger partial charge in [-0.2, -0.15) is 0 Å². The van der Waals surface area contributed by atoms with Gasteiger partial charge >= 0.3 is 0 Å². The van der Waals surface area contributed by atoms with Crippen LogP contribution in [0.3, 0.4) is 0 Å². The van der Waals surface area contributed by atoms with E-state index in [1.807, 2.05) is 68.4 Å². The van der Waals surface area contributed by atoms with Crippen LogP contribution in [-0.4, -0.2) is 18.6 Å². The van der Waals surface area contributed by atoms with Crippen molar-refractivity contribution in [3.8, 4) is 5.75 Å². The van der Waals surface area contributed by atoms with Gasteiger partial charge in [-0.25, -0.2) is 0 Å². The molecule has 3 rings (SSSR count). The van der Waals surface area contributed by atoms with Gasteiger partial charge in [0.05, 0.1) is 17.9 Å². The Morgan fingerprint density at radius 1 is 1.03 bits per heavy atom. The van der Waals surface area contributed by atoms with E-state index in [9.17, 15) is 4.79 Å². The standard InChI is InChI=1S/C25H27NO3/c1-19(2)29-22-14-12-20(13-15-22)8-6-16-26-25(27)24(18-23-11-7-17-28-23)21-9-4-3-5-10-21/h3-5,7,9-15,17-19H,6,8,16H2,1-2H3,(H,26,27)/b24-18+. The van der Waals surface area contributed by atoms with Gasteiger partial charge in [-0.1, -0.05) is 42.5 Å². The lowest BCUT2D eigenvalue weighted by Crippen LogP contribution is -2.25. The minimum absolute atomic E-state index is 0.103. The summed E-state index contributed by atoms with van der Waals surface area (Å²) in [6.07, 6.45) is 5.30. The normalized spacial score (nSPS) is 11.5. The minimum atomic E-state index is -0.103. The molecule has 4 nitrogen and oxygen atoms in total. The number of nitrogens with one attached hydrogen (secondary N) is 1. The Bertz CT molecular complexity index is 910. The molecule has 0 aliphatic carbocycles. The summed E-state index contributed by atoms with van der Waals surface area (Å²) >= 11 is 0. The third kappa shape index (κ3) is 6.39. The highest BCUT2D eigenvalue weighted by molar-refractivity contribution is 6.24. The second kappa shape index (κ2) is 10.3. The first kappa shape index (κ1) is 20.5. The van der Waals surface area contributed by atoms with Crippen molar-refractivity contribution in [2.24, 2.45) is 0 Å². The predicted octanol–water partition coefficient (Wildman–Crippen LogP) is 5.36. The zero-order valence-electron chi connectivity index (χ0n) is 16.9. The summed E-state index contributed by atoms with van der Waals surface area (Å²) < 4.78 is 11.1. The summed E-state index contributed by atoms with van der Waals surface area (Å²) in [6.45, 7) is 4.63. The molecular weight excluding hydrogens is 362 g/mol. The van der Waals surface area contributed by atoms with E-state index in [2.05, 4.69) is 17.4 Å². The van der Waals surface area contributed by atoms with Crippen LogP contribution in [0, 0.1) is 0 Å². The van der Waals surface area contributed by atoms with Crippen molar-refractivity contribution in [3.63, 3.8) is 0 Å². The van der Waals surface area contributed by atoms with Gasteiger partial charge < -0.3 is 14.5 Å². The number of hydrogen-bond donors (Lipinski definition) is 1. The van der Waals surface area contributed by atoms with Crippen molar-refractivity contribution in [2.75, 3.05) is 6.54 Å². The fraction of sp³-hybridized carbons (Fsp3) is 0.240. The van der Waals surface area contributed by atoms with Gasteiger partial charge in [0.15, 0.2) is 0 Å². The van der Waals surface area contributed by atoms with Crippen molar-refractivity contribution in [2.45, 2.75) is 32.8 Å². The first-order valence-electron chi connectivity index (χ1n) is 9.96. The SMILES string of the molecule is CC(C)Oc1ccc(CCCNC(=O)/C(=C/c2ccco2)c2ccccc2)cc1. The third-order valence-electron chi connectivity index (χ3n) is 4.38. The molecule has 4 heteroatoms. The van der Waals surface area contributed by atoms with Gasteiger partial charge in [0.1, 0.15) is 11.5 Å². The van der Waals surface area contributed by atoms with Crippen LogP contribution in [0.1, 0.15) is 37.2 Å². The summed E-state index contributed by atoms with van der Waals surface area (Å²) in [5.74, 6) is 1.43. The van der Waals surface area contributed by atoms with Crippen molar-refractivity contribution >= 4 is 17.6 Å². The molecule has 0 saturated carbocycles. The lowest BCUT2D eigenvalue weighted by molar-refractivity contribution is -0.115. The molecule has 2 aromatic carbocycles. The molecule has 1 amide bonds. The van der Waals surface area contributed by atoms with E-state index in [1.54, 1.807) is 12.3 Å². The molecule has 1 aromatic heterocycles. The highest BCUT2D eigenvalue weighted by Gasteiger charge is 2.12. The van der Waals surface area contributed by atoms with Gasteiger partial charge in [0.2, 0.25) is 0 Å². The molecule has 1 N–H and O–H groups in total. The first-order chi connectivity index (χ1) is 14.1. The van der Waals surface area contributed by atoms with E-state index in [4.69, 9.17) is 9.15 Å². The molecule has 0 unspecified atom stereocenters. The van der Waals surface area contributed by atoms with Crippen LogP contribution in [0.2, 0.25) is 0 Å². The van der Waals surface area contributed by atoms with Crippen LogP contribution in [0.15, 0.2) is 77.4 Å². The number of amides is 1. The average Bonchev–Trinajstić information content (AvgIpc) is 3.24. The van der Waals surface area contributed by atoms with Gasteiger partial charge in [-0.3, -0.25) is 4.79 Å². The summed E-state index contributed by atoms with van der Waals surface area (Å²) in [7, 11) is 0. The van der Waals surface area contributed by atoms with E-state index in [-0.39, 0.29) is 12.0 Å². The highest BCUT2D eigenvalue weighted by Crippen LogP contribution is 2.19. The molecule has 0 bridgehead atoms. The summed E-state index contributed by atoms with van der Waals surface area (Å²) in [6, 6.07) is 21.4. The smallest absolute Gasteiger partial charge is 0.252 e. The fourth-order valence-electron chi connectivity index (χ4n) is 3.01. The van der Waals surface area contributed by atoms with Gasteiger partial charge in [-0.15, -0.1) is 0 Å². The maximum atomic E-state index is 12.8. The van der Waals surface area contributed by atoms with Crippen molar-refractivity contribution in [1.82, 2.24) is 5.32 Å². The predicted molar refractivity (Wildman–Crippen MR) is 117 cm³/mol. The van der Waals surface area contributed by atoms with E-state index >= 15 is 0 Å². The summed E-state index contributed by atoms with van der Waals surface area (Å²) in [5, 5.41) is 3.03. The number of ether oxygens (including phenoxy) is 1. The highest BCUT2D eigenvalue weighted by atomic mass is 16.5. The zero-order chi connectivity index (χ0) is 20.5. The Balaban J connectivity index is 1.55. The van der Waals surface area contributed by atoms with Crippen LogP contribution in [0.5, 0.6) is 5.75 Å². The quantitative estimate of drug-likeness (QED) is 0.396. The number of carbonyl (C=O) groups excluding carboxylic acids is 1. The number of rotatable bonds is 9. The number of hydrogen-bond acceptors (Lipinski definition) is 3. The molecule has 150 valence electrons. The molecule has 29 heavy (non-hydrogen) atoms. The third-order valence-corrected chi connectivity index (χ3v) is 4.38. The van der Waals surface area contributed by atoms with Crippen LogP contribution >= 0.6 is 0 Å². The maximum absolute atomic E-state index is 12.8. The van der Waals surface area contributed by atoms with Crippen LogP contribution in [0.25, 0.3) is 11.6 Å². The van der Waals surface area contributed by atoms with Gasteiger partial charge in [-0.05, 0) is 68.2 Å². The van der Waals surface area contributed by atoms with Crippen LogP contribution in [0.4, 0.5) is 0 Å². The topological polar surface area (TPSA) is 51.5 Å². The van der Waals surface area contributed by atoms with Crippen molar-refractivity contribution in [3.05, 3.63) is 89.9 Å². The fourth-order valence-corrected chi connectivity index (χ4v) is 3.01. The largest absolute Gasteiger partial charge is 0.491 e. The second-order valence-corrected chi connectivity index (χ2v) is 7.11. The second-order valence-electron chi connectivity index (χ2n) is 7.11. The Morgan fingerprint density at radius 2 is 1.79 bits per heavy atom.